The molecule has 0 aliphatic rings. The molecule has 0 amide bonds. The quantitative estimate of drug-likeness (QED) is 0.784. The second kappa shape index (κ2) is 5.91. The first kappa shape index (κ1) is 13.1. The van der Waals surface area contributed by atoms with Crippen molar-refractivity contribution in [3.63, 3.8) is 0 Å². The van der Waals surface area contributed by atoms with Crippen LogP contribution in [-0.2, 0) is 21.3 Å². The smallest absolute Gasteiger partial charge is 0.316 e. The van der Waals surface area contributed by atoms with Crippen LogP contribution in [0.15, 0.2) is 23.1 Å². The summed E-state index contributed by atoms with van der Waals surface area (Å²) >= 11 is 4.20. The molecular weight excluding hydrogens is 248 g/mol. The molecule has 0 saturated heterocycles. The highest BCUT2D eigenvalue weighted by Crippen LogP contribution is 2.23. The minimum atomic E-state index is -1.39. The molecule has 0 heterocycles. The summed E-state index contributed by atoms with van der Waals surface area (Å²) in [5.41, 5.74) is 0.783. The maximum atomic E-state index is 11.4. The number of ether oxygens (including phenoxy) is 1. The fourth-order valence-electron chi connectivity index (χ4n) is 1.20. The minimum absolute atomic E-state index is 0.212. The second-order valence-corrected chi connectivity index (χ2v) is 5.07. The van der Waals surface area contributed by atoms with E-state index in [9.17, 15) is 9.00 Å². The SMILES string of the molecule is COc1ccc(CS(=O)CC(=O)O)cc1S. The predicted molar refractivity (Wildman–Crippen MR) is 64.6 cm³/mol. The van der Waals surface area contributed by atoms with E-state index in [1.165, 1.54) is 7.11 Å². The third kappa shape index (κ3) is 3.86. The molecule has 0 spiro atoms. The number of aliphatic carboxylic acids is 1. The van der Waals surface area contributed by atoms with Gasteiger partial charge in [-0.25, -0.2) is 0 Å². The predicted octanol–water partition coefficient (Wildman–Crippen LogP) is 1.32. The van der Waals surface area contributed by atoms with Crippen LogP contribution in [0.2, 0.25) is 0 Å². The molecule has 0 bridgehead atoms. The summed E-state index contributed by atoms with van der Waals surface area (Å²) in [7, 11) is 0.147. The summed E-state index contributed by atoms with van der Waals surface area (Å²) in [6.45, 7) is 0. The lowest BCUT2D eigenvalue weighted by Crippen LogP contribution is -2.10. The van der Waals surface area contributed by atoms with Crippen LogP contribution in [0, 0.1) is 0 Å². The van der Waals surface area contributed by atoms with Gasteiger partial charge >= 0.3 is 5.97 Å². The number of carbonyl (C=O) groups is 1. The van der Waals surface area contributed by atoms with E-state index in [2.05, 4.69) is 12.6 Å². The molecule has 1 rings (SSSR count). The van der Waals surface area contributed by atoms with Crippen molar-refractivity contribution in [2.24, 2.45) is 0 Å². The molecule has 1 aromatic rings. The maximum Gasteiger partial charge on any atom is 0.316 e. The Kier molecular flexibility index (Phi) is 4.82. The monoisotopic (exact) mass is 260 g/mol. The zero-order chi connectivity index (χ0) is 12.1. The highest BCUT2D eigenvalue weighted by molar-refractivity contribution is 7.84. The molecule has 0 saturated carbocycles. The summed E-state index contributed by atoms with van der Waals surface area (Å²) in [5, 5.41) is 8.47. The summed E-state index contributed by atoms with van der Waals surface area (Å²) < 4.78 is 16.4. The molecule has 0 radical (unpaired) electrons. The minimum Gasteiger partial charge on any atom is -0.496 e. The first-order valence-electron chi connectivity index (χ1n) is 4.45. The zero-order valence-corrected chi connectivity index (χ0v) is 10.4. The number of hydrogen-bond acceptors (Lipinski definition) is 4. The van der Waals surface area contributed by atoms with Gasteiger partial charge in [-0.3, -0.25) is 9.00 Å². The van der Waals surface area contributed by atoms with Gasteiger partial charge in [-0.05, 0) is 17.7 Å². The zero-order valence-electron chi connectivity index (χ0n) is 8.67. The van der Waals surface area contributed by atoms with Crippen molar-refractivity contribution >= 4 is 29.4 Å². The Morgan fingerprint density at radius 2 is 2.25 bits per heavy atom. The lowest BCUT2D eigenvalue weighted by Gasteiger charge is -2.06. The van der Waals surface area contributed by atoms with Gasteiger partial charge in [-0.1, -0.05) is 6.07 Å². The first-order chi connectivity index (χ1) is 7.52. The molecule has 16 heavy (non-hydrogen) atoms. The molecule has 0 aromatic heterocycles. The Bertz CT molecular complexity index is 417. The number of thiol groups is 1. The molecule has 0 fully saturated rings. The summed E-state index contributed by atoms with van der Waals surface area (Å²) in [6, 6.07) is 5.19. The maximum absolute atomic E-state index is 11.4. The third-order valence-corrected chi connectivity index (χ3v) is 3.43. The van der Waals surface area contributed by atoms with Gasteiger partial charge < -0.3 is 9.84 Å². The van der Waals surface area contributed by atoms with E-state index in [-0.39, 0.29) is 11.5 Å². The van der Waals surface area contributed by atoms with Crippen LogP contribution < -0.4 is 4.74 Å². The molecular formula is C10H12O4S2. The van der Waals surface area contributed by atoms with E-state index in [0.717, 1.165) is 5.56 Å². The fraction of sp³-hybridized carbons (Fsp3) is 0.300. The van der Waals surface area contributed by atoms with E-state index in [1.807, 2.05) is 0 Å². The van der Waals surface area contributed by atoms with Crippen molar-refractivity contribution in [2.45, 2.75) is 10.6 Å². The number of hydrogen-bond donors (Lipinski definition) is 2. The van der Waals surface area contributed by atoms with Crippen molar-refractivity contribution in [1.29, 1.82) is 0 Å². The van der Waals surface area contributed by atoms with Gasteiger partial charge in [0.2, 0.25) is 0 Å². The lowest BCUT2D eigenvalue weighted by atomic mass is 10.2. The summed E-state index contributed by atoms with van der Waals surface area (Å²) in [4.78, 5) is 11.0. The molecule has 1 unspecified atom stereocenters. The van der Waals surface area contributed by atoms with Crippen LogP contribution in [0.1, 0.15) is 5.56 Å². The van der Waals surface area contributed by atoms with Crippen molar-refractivity contribution in [3.8, 4) is 5.75 Å². The molecule has 6 heteroatoms. The molecule has 1 N–H and O–H groups in total. The van der Waals surface area contributed by atoms with Crippen LogP contribution >= 0.6 is 12.6 Å². The molecule has 1 atom stereocenters. The van der Waals surface area contributed by atoms with E-state index < -0.39 is 16.8 Å². The van der Waals surface area contributed by atoms with E-state index >= 15 is 0 Å². The van der Waals surface area contributed by atoms with Gasteiger partial charge in [-0.2, -0.15) is 0 Å². The van der Waals surface area contributed by atoms with Crippen molar-refractivity contribution in [2.75, 3.05) is 12.9 Å². The van der Waals surface area contributed by atoms with Crippen LogP contribution in [0.3, 0.4) is 0 Å². The number of methoxy groups -OCH3 is 1. The standard InChI is InChI=1S/C10H12O4S2/c1-14-8-3-2-7(4-9(8)15)5-16(13)6-10(11)12/h2-4,15H,5-6H2,1H3,(H,11,12). The Labute approximate surface area is 101 Å². The second-order valence-electron chi connectivity index (χ2n) is 3.13. The van der Waals surface area contributed by atoms with Crippen LogP contribution in [0.25, 0.3) is 0 Å². The normalized spacial score (nSPS) is 12.1. The Morgan fingerprint density at radius 1 is 1.56 bits per heavy atom. The van der Waals surface area contributed by atoms with Crippen LogP contribution in [-0.4, -0.2) is 28.1 Å². The third-order valence-electron chi connectivity index (χ3n) is 1.86. The van der Waals surface area contributed by atoms with E-state index in [1.54, 1.807) is 18.2 Å². The average molecular weight is 260 g/mol. The lowest BCUT2D eigenvalue weighted by molar-refractivity contribution is -0.133. The van der Waals surface area contributed by atoms with Gasteiger partial charge in [-0.15, -0.1) is 12.6 Å². The molecule has 88 valence electrons. The largest absolute Gasteiger partial charge is 0.496 e. The Hall–Kier alpha value is -1.01. The van der Waals surface area contributed by atoms with Gasteiger partial charge in [0.25, 0.3) is 0 Å². The Morgan fingerprint density at radius 3 is 2.75 bits per heavy atom. The van der Waals surface area contributed by atoms with Gasteiger partial charge in [0, 0.05) is 21.4 Å². The molecule has 4 nitrogen and oxygen atoms in total. The summed E-state index contributed by atoms with van der Waals surface area (Å²) in [6.07, 6.45) is 0. The molecule has 0 aliphatic carbocycles. The number of carboxylic acids is 1. The number of carboxylic acid groups (broad SMARTS) is 1. The van der Waals surface area contributed by atoms with Gasteiger partial charge in [0.05, 0.1) is 7.11 Å². The van der Waals surface area contributed by atoms with Crippen molar-refractivity contribution in [1.82, 2.24) is 0 Å². The first-order valence-corrected chi connectivity index (χ1v) is 6.39. The summed E-state index contributed by atoms with van der Waals surface area (Å²) in [5.74, 6) is -0.549. The van der Waals surface area contributed by atoms with Gasteiger partial charge in [0.1, 0.15) is 11.5 Å². The highest BCUT2D eigenvalue weighted by Gasteiger charge is 2.08. The molecule has 0 aliphatic heterocycles. The van der Waals surface area contributed by atoms with Crippen molar-refractivity contribution in [3.05, 3.63) is 23.8 Å². The number of benzene rings is 1. The van der Waals surface area contributed by atoms with Crippen molar-refractivity contribution < 1.29 is 18.8 Å². The van der Waals surface area contributed by atoms with Crippen LogP contribution in [0.5, 0.6) is 5.75 Å². The highest BCUT2D eigenvalue weighted by atomic mass is 32.2. The number of rotatable bonds is 5. The van der Waals surface area contributed by atoms with E-state index in [4.69, 9.17) is 9.84 Å². The Balaban J connectivity index is 2.71. The fourth-order valence-corrected chi connectivity index (χ4v) is 2.46. The van der Waals surface area contributed by atoms with Gasteiger partial charge in [0.15, 0.2) is 0 Å². The van der Waals surface area contributed by atoms with E-state index in [0.29, 0.717) is 10.6 Å². The average Bonchev–Trinajstić information content (AvgIpc) is 2.16. The molecule has 1 aromatic carbocycles. The topological polar surface area (TPSA) is 63.6 Å². The van der Waals surface area contributed by atoms with Crippen LogP contribution in [0.4, 0.5) is 0 Å².